The van der Waals surface area contributed by atoms with E-state index in [0.29, 0.717) is 17.8 Å². The molecule has 0 aliphatic rings. The average Bonchev–Trinajstić information content (AvgIpc) is 2.35. The number of aliphatic hydroxyl groups is 1. The second kappa shape index (κ2) is 7.09. The largest absolute Gasteiger partial charge is 0.389 e. The van der Waals surface area contributed by atoms with Crippen LogP contribution in [0.1, 0.15) is 31.9 Å². The van der Waals surface area contributed by atoms with Crippen LogP contribution in [0.3, 0.4) is 0 Å². The van der Waals surface area contributed by atoms with Gasteiger partial charge in [-0.05, 0) is 31.5 Å². The van der Waals surface area contributed by atoms with E-state index in [9.17, 15) is 14.3 Å². The van der Waals surface area contributed by atoms with Crippen LogP contribution in [0.5, 0.6) is 0 Å². The summed E-state index contributed by atoms with van der Waals surface area (Å²) in [6.07, 6.45) is 0.0946. The van der Waals surface area contributed by atoms with Gasteiger partial charge in [-0.15, -0.1) is 0 Å². The van der Waals surface area contributed by atoms with E-state index in [-0.39, 0.29) is 12.5 Å². The van der Waals surface area contributed by atoms with E-state index >= 15 is 0 Å². The highest BCUT2D eigenvalue weighted by Crippen LogP contribution is 2.26. The minimum Gasteiger partial charge on any atom is -0.389 e. The quantitative estimate of drug-likeness (QED) is 0.827. The van der Waals surface area contributed by atoms with Crippen molar-refractivity contribution >= 4 is 11.6 Å². The molecule has 1 rings (SSSR count). The van der Waals surface area contributed by atoms with Crippen LogP contribution in [0.2, 0.25) is 0 Å². The van der Waals surface area contributed by atoms with Gasteiger partial charge in [0.15, 0.2) is 0 Å². The highest BCUT2D eigenvalue weighted by atomic mass is 19.1. The molecular formula is C14H21FN2O2. The molecule has 0 aliphatic carbocycles. The predicted molar refractivity (Wildman–Crippen MR) is 73.6 cm³/mol. The molecule has 0 spiro atoms. The van der Waals surface area contributed by atoms with E-state index in [1.54, 1.807) is 24.9 Å². The van der Waals surface area contributed by atoms with Crippen molar-refractivity contribution in [2.24, 2.45) is 0 Å². The van der Waals surface area contributed by atoms with Crippen LogP contribution >= 0.6 is 0 Å². The Balaban J connectivity index is 2.81. The van der Waals surface area contributed by atoms with Gasteiger partial charge in [0.25, 0.3) is 0 Å². The van der Waals surface area contributed by atoms with Gasteiger partial charge in [-0.3, -0.25) is 4.79 Å². The van der Waals surface area contributed by atoms with Crippen molar-refractivity contribution in [3.05, 3.63) is 29.6 Å². The zero-order valence-corrected chi connectivity index (χ0v) is 11.6. The van der Waals surface area contributed by atoms with Gasteiger partial charge in [0.05, 0.1) is 12.6 Å². The second-order valence-corrected chi connectivity index (χ2v) is 4.59. The maximum absolute atomic E-state index is 13.2. The Labute approximate surface area is 113 Å². The fourth-order valence-corrected chi connectivity index (χ4v) is 1.83. The zero-order chi connectivity index (χ0) is 14.4. The second-order valence-electron chi connectivity index (χ2n) is 4.59. The number of anilines is 1. The zero-order valence-electron chi connectivity index (χ0n) is 11.6. The molecule has 0 aliphatic heterocycles. The molecule has 1 amide bonds. The Bertz CT molecular complexity index is 435. The van der Waals surface area contributed by atoms with E-state index in [4.69, 9.17) is 0 Å². The Hall–Kier alpha value is -1.62. The molecule has 0 saturated heterocycles. The van der Waals surface area contributed by atoms with Crippen molar-refractivity contribution in [1.29, 1.82) is 0 Å². The van der Waals surface area contributed by atoms with Gasteiger partial charge in [-0.1, -0.05) is 6.92 Å². The molecule has 0 radical (unpaired) electrons. The number of carbonyl (C=O) groups excluding carboxylic acids is 1. The van der Waals surface area contributed by atoms with Gasteiger partial charge >= 0.3 is 0 Å². The molecule has 106 valence electrons. The minimum atomic E-state index is -0.785. The number of halogens is 1. The van der Waals surface area contributed by atoms with E-state index in [2.05, 4.69) is 5.32 Å². The molecular weight excluding hydrogens is 247 g/mol. The summed E-state index contributed by atoms with van der Waals surface area (Å²) < 4.78 is 13.2. The lowest BCUT2D eigenvalue weighted by atomic mass is 10.1. The topological polar surface area (TPSA) is 52.6 Å². The minimum absolute atomic E-state index is 0.0924. The molecule has 1 aromatic carbocycles. The van der Waals surface area contributed by atoms with Crippen LogP contribution in [-0.2, 0) is 4.79 Å². The standard InChI is InChI=1S/C14H21FN2O2/c1-4-7-16-14(19)9-17(3)13-6-5-11(15)8-12(13)10(2)18/h5-6,8,10,18H,4,7,9H2,1-3H3,(H,16,19)/t10-/m1/s1. The van der Waals surface area contributed by atoms with Crippen molar-refractivity contribution in [2.45, 2.75) is 26.4 Å². The molecule has 1 atom stereocenters. The number of aliphatic hydroxyl groups excluding tert-OH is 1. The summed E-state index contributed by atoms with van der Waals surface area (Å²) in [7, 11) is 1.74. The first kappa shape index (κ1) is 15.4. The third-order valence-electron chi connectivity index (χ3n) is 2.80. The number of nitrogens with zero attached hydrogens (tertiary/aromatic N) is 1. The summed E-state index contributed by atoms with van der Waals surface area (Å²) in [4.78, 5) is 13.3. The Morgan fingerprint density at radius 2 is 2.21 bits per heavy atom. The fourth-order valence-electron chi connectivity index (χ4n) is 1.83. The maximum Gasteiger partial charge on any atom is 0.239 e. The number of benzene rings is 1. The summed E-state index contributed by atoms with van der Waals surface area (Å²) in [5.74, 6) is -0.492. The van der Waals surface area contributed by atoms with Gasteiger partial charge in [0, 0.05) is 24.8 Å². The van der Waals surface area contributed by atoms with Gasteiger partial charge in [0.1, 0.15) is 5.82 Å². The summed E-state index contributed by atoms with van der Waals surface area (Å²) in [6.45, 7) is 4.36. The number of nitrogens with one attached hydrogen (secondary N) is 1. The summed E-state index contributed by atoms with van der Waals surface area (Å²) in [6, 6.07) is 4.19. The number of amides is 1. The Kier molecular flexibility index (Phi) is 5.76. The molecule has 5 heteroatoms. The molecule has 4 nitrogen and oxygen atoms in total. The summed E-state index contributed by atoms with van der Waals surface area (Å²) in [5.41, 5.74) is 1.13. The summed E-state index contributed by atoms with van der Waals surface area (Å²) >= 11 is 0. The first-order valence-corrected chi connectivity index (χ1v) is 6.41. The lowest BCUT2D eigenvalue weighted by Crippen LogP contribution is -2.35. The highest BCUT2D eigenvalue weighted by molar-refractivity contribution is 5.81. The molecule has 0 heterocycles. The first-order valence-electron chi connectivity index (χ1n) is 6.41. The number of carbonyl (C=O) groups is 1. The number of hydrogen-bond donors (Lipinski definition) is 2. The molecule has 2 N–H and O–H groups in total. The lowest BCUT2D eigenvalue weighted by Gasteiger charge is -2.23. The van der Waals surface area contributed by atoms with E-state index in [1.807, 2.05) is 6.92 Å². The van der Waals surface area contributed by atoms with Crippen molar-refractivity contribution in [1.82, 2.24) is 5.32 Å². The van der Waals surface area contributed by atoms with E-state index in [1.165, 1.54) is 12.1 Å². The first-order chi connectivity index (χ1) is 8.95. The predicted octanol–water partition coefficient (Wildman–Crippen LogP) is 1.84. The monoisotopic (exact) mass is 268 g/mol. The average molecular weight is 268 g/mol. The van der Waals surface area contributed by atoms with Crippen molar-refractivity contribution < 1.29 is 14.3 Å². The SMILES string of the molecule is CCCNC(=O)CN(C)c1ccc(F)cc1[C@@H](C)O. The molecule has 1 aromatic rings. The van der Waals surface area contributed by atoms with Gasteiger partial charge in [-0.2, -0.15) is 0 Å². The fraction of sp³-hybridized carbons (Fsp3) is 0.500. The third-order valence-corrected chi connectivity index (χ3v) is 2.80. The molecule has 0 aromatic heterocycles. The highest BCUT2D eigenvalue weighted by Gasteiger charge is 2.14. The number of hydrogen-bond acceptors (Lipinski definition) is 3. The van der Waals surface area contributed by atoms with Crippen LogP contribution in [0.4, 0.5) is 10.1 Å². The van der Waals surface area contributed by atoms with Gasteiger partial charge in [-0.25, -0.2) is 4.39 Å². The Morgan fingerprint density at radius 3 is 2.79 bits per heavy atom. The normalized spacial score (nSPS) is 12.1. The lowest BCUT2D eigenvalue weighted by molar-refractivity contribution is -0.119. The Morgan fingerprint density at radius 1 is 1.53 bits per heavy atom. The third kappa shape index (κ3) is 4.52. The van der Waals surface area contributed by atoms with Crippen LogP contribution in [-0.4, -0.2) is 31.2 Å². The number of likely N-dealkylation sites (N-methyl/N-ethyl adjacent to an activating group) is 1. The molecule has 19 heavy (non-hydrogen) atoms. The van der Waals surface area contributed by atoms with Crippen LogP contribution in [0, 0.1) is 5.82 Å². The number of rotatable bonds is 6. The van der Waals surface area contributed by atoms with Crippen molar-refractivity contribution in [3.8, 4) is 0 Å². The van der Waals surface area contributed by atoms with Crippen LogP contribution < -0.4 is 10.2 Å². The maximum atomic E-state index is 13.2. The smallest absolute Gasteiger partial charge is 0.239 e. The van der Waals surface area contributed by atoms with Crippen LogP contribution in [0.15, 0.2) is 18.2 Å². The molecule has 0 unspecified atom stereocenters. The van der Waals surface area contributed by atoms with Crippen molar-refractivity contribution in [2.75, 3.05) is 25.0 Å². The van der Waals surface area contributed by atoms with Crippen molar-refractivity contribution in [3.63, 3.8) is 0 Å². The van der Waals surface area contributed by atoms with Gasteiger partial charge in [0.2, 0.25) is 5.91 Å². The van der Waals surface area contributed by atoms with Crippen LogP contribution in [0.25, 0.3) is 0 Å². The molecule has 0 bridgehead atoms. The van der Waals surface area contributed by atoms with Gasteiger partial charge < -0.3 is 15.3 Å². The molecule has 0 fully saturated rings. The van der Waals surface area contributed by atoms with E-state index in [0.717, 1.165) is 6.42 Å². The molecule has 0 saturated carbocycles. The summed E-state index contributed by atoms with van der Waals surface area (Å²) in [5, 5.41) is 12.4. The van der Waals surface area contributed by atoms with E-state index < -0.39 is 11.9 Å².